The van der Waals surface area contributed by atoms with Gasteiger partial charge in [0.15, 0.2) is 0 Å². The van der Waals surface area contributed by atoms with Crippen LogP contribution in [0.5, 0.6) is 5.75 Å². The van der Waals surface area contributed by atoms with Gasteiger partial charge in [-0.15, -0.1) is 0 Å². The average molecular weight is 367 g/mol. The molecule has 0 aliphatic carbocycles. The number of amides is 2. The summed E-state index contributed by atoms with van der Waals surface area (Å²) < 4.78 is 5.15. The molecule has 1 N–H and O–H groups in total. The van der Waals surface area contributed by atoms with E-state index in [4.69, 9.17) is 4.74 Å². The molecule has 2 amide bonds. The minimum atomic E-state index is -0.105. The molecule has 1 aliphatic heterocycles. The van der Waals surface area contributed by atoms with Crippen LogP contribution in [-0.2, 0) is 0 Å². The van der Waals surface area contributed by atoms with Crippen LogP contribution >= 0.6 is 0 Å². The van der Waals surface area contributed by atoms with Crippen molar-refractivity contribution in [3.63, 3.8) is 0 Å². The molecule has 3 rings (SSSR count). The van der Waals surface area contributed by atoms with Crippen LogP contribution in [0.4, 0.5) is 0 Å². The second-order valence-corrected chi connectivity index (χ2v) is 6.49. The average Bonchev–Trinajstić information content (AvgIpc) is 2.74. The first-order chi connectivity index (χ1) is 13.2. The zero-order valence-corrected chi connectivity index (χ0v) is 15.6. The third-order valence-electron chi connectivity index (χ3n) is 4.73. The Bertz CT molecular complexity index is 771. The van der Waals surface area contributed by atoms with Crippen LogP contribution in [0.2, 0.25) is 0 Å². The van der Waals surface area contributed by atoms with Gasteiger partial charge in [-0.05, 0) is 30.3 Å². The van der Waals surface area contributed by atoms with Gasteiger partial charge in [0.2, 0.25) is 0 Å². The Morgan fingerprint density at radius 3 is 2.37 bits per heavy atom. The van der Waals surface area contributed by atoms with Crippen molar-refractivity contribution in [1.82, 2.24) is 15.1 Å². The fourth-order valence-electron chi connectivity index (χ4n) is 3.13. The van der Waals surface area contributed by atoms with Crippen LogP contribution in [0.1, 0.15) is 20.7 Å². The van der Waals surface area contributed by atoms with Crippen molar-refractivity contribution < 1.29 is 14.3 Å². The van der Waals surface area contributed by atoms with E-state index in [0.29, 0.717) is 30.9 Å². The molecule has 0 saturated carbocycles. The van der Waals surface area contributed by atoms with Crippen molar-refractivity contribution in [1.29, 1.82) is 0 Å². The Kier molecular flexibility index (Phi) is 6.44. The fraction of sp³-hybridized carbons (Fsp3) is 0.333. The van der Waals surface area contributed by atoms with E-state index in [1.165, 1.54) is 0 Å². The lowest BCUT2D eigenvalue weighted by Crippen LogP contribution is -2.50. The molecule has 0 spiro atoms. The largest absolute Gasteiger partial charge is 0.497 e. The number of methoxy groups -OCH3 is 1. The SMILES string of the molecule is COc1cccc(C(=O)NCCN2CCN(C(=O)c3ccccc3)CC2)c1. The molecule has 0 bridgehead atoms. The molecule has 1 aliphatic rings. The van der Waals surface area contributed by atoms with E-state index in [1.807, 2.05) is 41.3 Å². The van der Waals surface area contributed by atoms with Gasteiger partial charge in [0, 0.05) is 50.4 Å². The van der Waals surface area contributed by atoms with Crippen molar-refractivity contribution in [3.8, 4) is 5.75 Å². The Hall–Kier alpha value is -2.86. The zero-order valence-electron chi connectivity index (χ0n) is 15.6. The Labute approximate surface area is 159 Å². The first kappa shape index (κ1) is 18.9. The number of hydrogen-bond acceptors (Lipinski definition) is 4. The van der Waals surface area contributed by atoms with Gasteiger partial charge in [-0.3, -0.25) is 14.5 Å². The normalized spacial score (nSPS) is 14.6. The summed E-state index contributed by atoms with van der Waals surface area (Å²) in [6.07, 6.45) is 0. The van der Waals surface area contributed by atoms with Gasteiger partial charge >= 0.3 is 0 Å². The number of rotatable bonds is 6. The van der Waals surface area contributed by atoms with Crippen LogP contribution in [0, 0.1) is 0 Å². The summed E-state index contributed by atoms with van der Waals surface area (Å²) in [5.74, 6) is 0.648. The number of ether oxygens (including phenoxy) is 1. The van der Waals surface area contributed by atoms with E-state index in [2.05, 4.69) is 10.2 Å². The highest BCUT2D eigenvalue weighted by atomic mass is 16.5. The maximum atomic E-state index is 12.5. The maximum absolute atomic E-state index is 12.5. The van der Waals surface area contributed by atoms with Crippen LogP contribution in [0.15, 0.2) is 54.6 Å². The summed E-state index contributed by atoms with van der Waals surface area (Å²) in [5.41, 5.74) is 1.32. The highest BCUT2D eigenvalue weighted by Crippen LogP contribution is 2.12. The molecule has 6 nitrogen and oxygen atoms in total. The minimum absolute atomic E-state index is 0.0848. The molecule has 1 fully saturated rings. The van der Waals surface area contributed by atoms with Gasteiger partial charge in [0.25, 0.3) is 11.8 Å². The van der Waals surface area contributed by atoms with Crippen LogP contribution in [0.25, 0.3) is 0 Å². The fourth-order valence-corrected chi connectivity index (χ4v) is 3.13. The molecule has 6 heteroatoms. The number of nitrogens with zero attached hydrogens (tertiary/aromatic N) is 2. The van der Waals surface area contributed by atoms with Gasteiger partial charge in [0.1, 0.15) is 5.75 Å². The first-order valence-electron chi connectivity index (χ1n) is 9.16. The third-order valence-corrected chi connectivity index (χ3v) is 4.73. The highest BCUT2D eigenvalue weighted by Gasteiger charge is 2.21. The summed E-state index contributed by atoms with van der Waals surface area (Å²) in [6, 6.07) is 16.5. The molecule has 0 unspecified atom stereocenters. The van der Waals surface area contributed by atoms with Crippen molar-refractivity contribution in [2.24, 2.45) is 0 Å². The van der Waals surface area contributed by atoms with E-state index < -0.39 is 0 Å². The van der Waals surface area contributed by atoms with E-state index in [0.717, 1.165) is 25.2 Å². The van der Waals surface area contributed by atoms with Gasteiger partial charge in [-0.1, -0.05) is 24.3 Å². The summed E-state index contributed by atoms with van der Waals surface area (Å²) in [7, 11) is 1.58. The summed E-state index contributed by atoms with van der Waals surface area (Å²) in [6.45, 7) is 4.38. The zero-order chi connectivity index (χ0) is 19.1. The van der Waals surface area contributed by atoms with Gasteiger partial charge < -0.3 is 15.0 Å². The van der Waals surface area contributed by atoms with Crippen molar-refractivity contribution in [2.75, 3.05) is 46.4 Å². The molecule has 0 aromatic heterocycles. The molecule has 2 aromatic carbocycles. The standard InChI is InChI=1S/C21H25N3O3/c1-27-19-9-5-8-18(16-19)20(25)22-10-11-23-12-14-24(15-13-23)21(26)17-6-3-2-4-7-17/h2-9,16H,10-15H2,1H3,(H,22,25). The van der Waals surface area contributed by atoms with E-state index in [-0.39, 0.29) is 11.8 Å². The number of benzene rings is 2. The monoisotopic (exact) mass is 367 g/mol. The minimum Gasteiger partial charge on any atom is -0.497 e. The van der Waals surface area contributed by atoms with Gasteiger partial charge in [0.05, 0.1) is 7.11 Å². The van der Waals surface area contributed by atoms with Crippen LogP contribution < -0.4 is 10.1 Å². The smallest absolute Gasteiger partial charge is 0.253 e. The summed E-state index contributed by atoms with van der Waals surface area (Å²) in [5, 5.41) is 2.94. The maximum Gasteiger partial charge on any atom is 0.253 e. The second kappa shape index (κ2) is 9.19. The predicted octanol–water partition coefficient (Wildman–Crippen LogP) is 1.88. The lowest BCUT2D eigenvalue weighted by atomic mass is 10.2. The first-order valence-corrected chi connectivity index (χ1v) is 9.16. The molecule has 1 heterocycles. The van der Waals surface area contributed by atoms with Crippen LogP contribution in [-0.4, -0.2) is 68.0 Å². The van der Waals surface area contributed by atoms with Gasteiger partial charge in [-0.25, -0.2) is 0 Å². The number of nitrogens with one attached hydrogen (secondary N) is 1. The van der Waals surface area contributed by atoms with E-state index in [9.17, 15) is 9.59 Å². The molecular weight excluding hydrogens is 342 g/mol. The number of carbonyl (C=O) groups excluding carboxylic acids is 2. The van der Waals surface area contributed by atoms with Crippen molar-refractivity contribution in [2.45, 2.75) is 0 Å². The molecule has 1 saturated heterocycles. The highest BCUT2D eigenvalue weighted by molar-refractivity contribution is 5.95. The predicted molar refractivity (Wildman–Crippen MR) is 104 cm³/mol. The van der Waals surface area contributed by atoms with E-state index in [1.54, 1.807) is 25.3 Å². The molecule has 0 atom stereocenters. The Balaban J connectivity index is 1.40. The van der Waals surface area contributed by atoms with E-state index >= 15 is 0 Å². The molecule has 142 valence electrons. The number of piperazine rings is 1. The topological polar surface area (TPSA) is 61.9 Å². The van der Waals surface area contributed by atoms with Crippen molar-refractivity contribution in [3.05, 3.63) is 65.7 Å². The van der Waals surface area contributed by atoms with Gasteiger partial charge in [-0.2, -0.15) is 0 Å². The summed E-state index contributed by atoms with van der Waals surface area (Å²) >= 11 is 0. The molecular formula is C21H25N3O3. The van der Waals surface area contributed by atoms with Crippen molar-refractivity contribution >= 4 is 11.8 Å². The molecule has 0 radical (unpaired) electrons. The lowest BCUT2D eigenvalue weighted by Gasteiger charge is -2.34. The third kappa shape index (κ3) is 5.08. The lowest BCUT2D eigenvalue weighted by molar-refractivity contribution is 0.0638. The quantitative estimate of drug-likeness (QED) is 0.847. The summed E-state index contributed by atoms with van der Waals surface area (Å²) in [4.78, 5) is 28.8. The Morgan fingerprint density at radius 2 is 1.67 bits per heavy atom. The Morgan fingerprint density at radius 1 is 0.963 bits per heavy atom. The number of hydrogen-bond donors (Lipinski definition) is 1. The molecule has 2 aromatic rings. The molecule has 27 heavy (non-hydrogen) atoms. The number of carbonyl (C=O) groups is 2. The second-order valence-electron chi connectivity index (χ2n) is 6.49. The van der Waals surface area contributed by atoms with Crippen LogP contribution in [0.3, 0.4) is 0 Å².